The second-order valence-corrected chi connectivity index (χ2v) is 4.46. The van der Waals surface area contributed by atoms with Gasteiger partial charge < -0.3 is 5.32 Å². The highest BCUT2D eigenvalue weighted by molar-refractivity contribution is 5.47. The van der Waals surface area contributed by atoms with E-state index >= 15 is 0 Å². The van der Waals surface area contributed by atoms with E-state index in [-0.39, 0.29) is 0 Å². The molecule has 1 aromatic rings. The average molecular weight is 188 g/mol. The monoisotopic (exact) mass is 188 g/mol. The van der Waals surface area contributed by atoms with Gasteiger partial charge in [0, 0.05) is 11.7 Å². The molecule has 0 aromatic carbocycles. The van der Waals surface area contributed by atoms with Crippen molar-refractivity contribution in [1.82, 2.24) is 4.98 Å². The van der Waals surface area contributed by atoms with Crippen molar-refractivity contribution < 1.29 is 0 Å². The van der Waals surface area contributed by atoms with Gasteiger partial charge in [0.2, 0.25) is 0 Å². The Morgan fingerprint density at radius 1 is 1.21 bits per heavy atom. The Kier molecular flexibility index (Phi) is 1.93. The minimum Gasteiger partial charge on any atom is -0.381 e. The maximum atomic E-state index is 4.51. The third-order valence-electron chi connectivity index (χ3n) is 3.40. The number of aromatic nitrogens is 1. The molecule has 2 nitrogen and oxygen atoms in total. The molecule has 2 aliphatic rings. The van der Waals surface area contributed by atoms with Crippen molar-refractivity contribution in [1.29, 1.82) is 0 Å². The molecular weight excluding hydrogens is 172 g/mol. The zero-order valence-corrected chi connectivity index (χ0v) is 8.42. The second-order valence-electron chi connectivity index (χ2n) is 4.46. The highest BCUT2D eigenvalue weighted by Gasteiger charge is 2.18. The number of hydrogen-bond donors (Lipinski definition) is 1. The molecule has 1 saturated carbocycles. The van der Waals surface area contributed by atoms with Gasteiger partial charge in [0.05, 0.1) is 11.9 Å². The quantitative estimate of drug-likeness (QED) is 0.771. The number of fused-ring (bicyclic) bond motifs is 1. The fourth-order valence-electron chi connectivity index (χ4n) is 2.29. The minimum absolute atomic E-state index is 0.719. The Labute approximate surface area is 84.7 Å². The average Bonchev–Trinajstić information content (AvgIpc) is 2.58. The van der Waals surface area contributed by atoms with Crippen molar-refractivity contribution >= 4 is 5.69 Å². The van der Waals surface area contributed by atoms with Crippen LogP contribution in [0.2, 0.25) is 0 Å². The summed E-state index contributed by atoms with van der Waals surface area (Å²) < 4.78 is 0. The van der Waals surface area contributed by atoms with Crippen molar-refractivity contribution in [3.8, 4) is 0 Å². The largest absolute Gasteiger partial charge is 0.381 e. The molecule has 1 fully saturated rings. The van der Waals surface area contributed by atoms with Crippen LogP contribution in [0.3, 0.4) is 0 Å². The number of nitrogens with zero attached hydrogens (tertiary/aromatic N) is 1. The lowest BCUT2D eigenvalue weighted by Crippen LogP contribution is -2.27. The maximum Gasteiger partial charge on any atom is 0.0531 e. The number of nitrogens with one attached hydrogen (secondary N) is 1. The Bertz CT molecular complexity index is 342. The number of anilines is 1. The van der Waals surface area contributed by atoms with Crippen molar-refractivity contribution in [2.45, 2.75) is 44.6 Å². The van der Waals surface area contributed by atoms with E-state index < -0.39 is 0 Å². The first-order valence-electron chi connectivity index (χ1n) is 5.66. The number of pyridine rings is 1. The van der Waals surface area contributed by atoms with Crippen LogP contribution in [-0.2, 0) is 12.8 Å². The highest BCUT2D eigenvalue weighted by Crippen LogP contribution is 2.26. The molecule has 3 rings (SSSR count). The predicted molar refractivity (Wildman–Crippen MR) is 57.5 cm³/mol. The molecule has 0 bridgehead atoms. The van der Waals surface area contributed by atoms with Crippen LogP contribution >= 0.6 is 0 Å². The molecule has 0 radical (unpaired) electrons. The predicted octanol–water partition coefficient (Wildman–Crippen LogP) is 2.53. The fraction of sp³-hybridized carbons (Fsp3) is 0.583. The molecule has 2 heteroatoms. The van der Waals surface area contributed by atoms with Gasteiger partial charge >= 0.3 is 0 Å². The lowest BCUT2D eigenvalue weighted by Gasteiger charge is -2.27. The molecule has 0 aliphatic heterocycles. The van der Waals surface area contributed by atoms with Crippen LogP contribution in [0, 0.1) is 0 Å². The summed E-state index contributed by atoms with van der Waals surface area (Å²) in [4.78, 5) is 4.51. The molecule has 2 aliphatic carbocycles. The van der Waals surface area contributed by atoms with Gasteiger partial charge in [0.25, 0.3) is 0 Å². The number of hydrogen-bond acceptors (Lipinski definition) is 2. The lowest BCUT2D eigenvalue weighted by molar-refractivity contribution is 0.445. The standard InChI is InChI=1S/C12H16N2/c1-3-9-7-11(8-13-12(9)6-1)14-10-4-2-5-10/h7-8,10,14H,1-6H2. The Balaban J connectivity index is 1.78. The van der Waals surface area contributed by atoms with Crippen LogP contribution in [0.4, 0.5) is 5.69 Å². The normalized spacial score (nSPS) is 20.3. The number of rotatable bonds is 2. The van der Waals surface area contributed by atoms with Crippen LogP contribution in [0.1, 0.15) is 36.9 Å². The molecule has 0 spiro atoms. The van der Waals surface area contributed by atoms with E-state index in [2.05, 4.69) is 16.4 Å². The summed E-state index contributed by atoms with van der Waals surface area (Å²) in [6.07, 6.45) is 9.74. The first kappa shape index (κ1) is 8.27. The molecule has 14 heavy (non-hydrogen) atoms. The molecule has 74 valence electrons. The van der Waals surface area contributed by atoms with E-state index in [9.17, 15) is 0 Å². The lowest BCUT2D eigenvalue weighted by atomic mass is 9.93. The van der Waals surface area contributed by atoms with E-state index in [1.807, 2.05) is 6.20 Å². The molecule has 1 heterocycles. The van der Waals surface area contributed by atoms with Crippen LogP contribution < -0.4 is 5.32 Å². The molecule has 0 unspecified atom stereocenters. The summed E-state index contributed by atoms with van der Waals surface area (Å²) in [5.41, 5.74) is 4.02. The molecular formula is C12H16N2. The molecule has 1 N–H and O–H groups in total. The van der Waals surface area contributed by atoms with Gasteiger partial charge in [0.1, 0.15) is 0 Å². The van der Waals surface area contributed by atoms with E-state index in [1.54, 1.807) is 0 Å². The van der Waals surface area contributed by atoms with Gasteiger partial charge in [-0.2, -0.15) is 0 Å². The zero-order valence-electron chi connectivity index (χ0n) is 8.42. The summed E-state index contributed by atoms with van der Waals surface area (Å²) >= 11 is 0. The maximum absolute atomic E-state index is 4.51. The SMILES string of the molecule is c1nc2c(cc1NC1CCC1)CCC2. The zero-order chi connectivity index (χ0) is 9.38. The van der Waals surface area contributed by atoms with E-state index in [4.69, 9.17) is 0 Å². The minimum atomic E-state index is 0.719. The van der Waals surface area contributed by atoms with Gasteiger partial charge in [-0.1, -0.05) is 0 Å². The molecule has 0 atom stereocenters. The van der Waals surface area contributed by atoms with Crippen molar-refractivity contribution in [3.05, 3.63) is 23.5 Å². The summed E-state index contributed by atoms with van der Waals surface area (Å²) in [5, 5.41) is 3.55. The van der Waals surface area contributed by atoms with Crippen LogP contribution in [-0.4, -0.2) is 11.0 Å². The summed E-state index contributed by atoms with van der Waals surface area (Å²) in [6.45, 7) is 0. The van der Waals surface area contributed by atoms with E-state index in [1.165, 1.54) is 55.5 Å². The van der Waals surface area contributed by atoms with E-state index in [0.717, 1.165) is 6.04 Å². The highest BCUT2D eigenvalue weighted by atomic mass is 14.9. The van der Waals surface area contributed by atoms with Gasteiger partial charge in [-0.15, -0.1) is 0 Å². The number of aryl methyl sites for hydroxylation is 2. The summed E-state index contributed by atoms with van der Waals surface area (Å²) in [5.74, 6) is 0. The topological polar surface area (TPSA) is 24.9 Å². The van der Waals surface area contributed by atoms with Gasteiger partial charge in [-0.3, -0.25) is 4.98 Å². The van der Waals surface area contributed by atoms with Crippen molar-refractivity contribution in [2.75, 3.05) is 5.32 Å². The summed E-state index contributed by atoms with van der Waals surface area (Å²) in [7, 11) is 0. The van der Waals surface area contributed by atoms with Gasteiger partial charge in [-0.25, -0.2) is 0 Å². The second kappa shape index (κ2) is 3.26. The van der Waals surface area contributed by atoms with Crippen LogP contribution in [0.25, 0.3) is 0 Å². The first-order valence-corrected chi connectivity index (χ1v) is 5.66. The van der Waals surface area contributed by atoms with Crippen LogP contribution in [0.15, 0.2) is 12.3 Å². The van der Waals surface area contributed by atoms with E-state index in [0.29, 0.717) is 0 Å². The van der Waals surface area contributed by atoms with Crippen molar-refractivity contribution in [2.24, 2.45) is 0 Å². The summed E-state index contributed by atoms with van der Waals surface area (Å²) in [6, 6.07) is 3.02. The Morgan fingerprint density at radius 2 is 2.14 bits per heavy atom. The van der Waals surface area contributed by atoms with Crippen LogP contribution in [0.5, 0.6) is 0 Å². The smallest absolute Gasteiger partial charge is 0.0531 e. The third kappa shape index (κ3) is 1.39. The van der Waals surface area contributed by atoms with Gasteiger partial charge in [0.15, 0.2) is 0 Å². The first-order chi connectivity index (χ1) is 6.92. The Morgan fingerprint density at radius 3 is 2.93 bits per heavy atom. The third-order valence-corrected chi connectivity index (χ3v) is 3.40. The van der Waals surface area contributed by atoms with Crippen molar-refractivity contribution in [3.63, 3.8) is 0 Å². The molecule has 0 amide bonds. The Hall–Kier alpha value is -1.05. The molecule has 0 saturated heterocycles. The fourth-order valence-corrected chi connectivity index (χ4v) is 2.29. The molecule has 1 aromatic heterocycles. The van der Waals surface area contributed by atoms with Gasteiger partial charge in [-0.05, 0) is 50.2 Å².